The van der Waals surface area contributed by atoms with Gasteiger partial charge in [0.15, 0.2) is 0 Å². The molecule has 1 heterocycles. The molecule has 2 rings (SSSR count). The Bertz CT molecular complexity index is 425. The minimum atomic E-state index is 0.593. The first kappa shape index (κ1) is 11.1. The van der Waals surface area contributed by atoms with Crippen molar-refractivity contribution in [3.05, 3.63) is 42.6 Å². The van der Waals surface area contributed by atoms with Crippen molar-refractivity contribution >= 4 is 17.6 Å². The number of anilines is 1. The molecule has 0 spiro atoms. The van der Waals surface area contributed by atoms with Crippen molar-refractivity contribution in [2.24, 2.45) is 0 Å². The van der Waals surface area contributed by atoms with Gasteiger partial charge in [-0.25, -0.2) is 0 Å². The van der Waals surface area contributed by atoms with Crippen LogP contribution in [0.5, 0.6) is 0 Å². The van der Waals surface area contributed by atoms with E-state index < -0.39 is 0 Å². The van der Waals surface area contributed by atoms with Gasteiger partial charge in [-0.15, -0.1) is 11.8 Å². The van der Waals surface area contributed by atoms with Crippen LogP contribution in [0.25, 0.3) is 0 Å². The number of aryl methyl sites for hydroxylation is 1. The first-order valence-corrected chi connectivity index (χ1v) is 6.30. The summed E-state index contributed by atoms with van der Waals surface area (Å²) in [5.74, 6) is 1.69. The van der Waals surface area contributed by atoms with Gasteiger partial charge in [0, 0.05) is 17.6 Å². The zero-order valence-electron chi connectivity index (χ0n) is 9.04. The number of hydrogen-bond donors (Lipinski definition) is 1. The van der Waals surface area contributed by atoms with Crippen molar-refractivity contribution in [3.8, 4) is 0 Å². The van der Waals surface area contributed by atoms with Crippen molar-refractivity contribution in [2.75, 3.05) is 11.5 Å². The van der Waals surface area contributed by atoms with Crippen LogP contribution in [0.4, 0.5) is 5.82 Å². The first-order valence-electron chi connectivity index (χ1n) is 5.31. The summed E-state index contributed by atoms with van der Waals surface area (Å²) in [7, 11) is 0. The van der Waals surface area contributed by atoms with Gasteiger partial charge in [0.25, 0.3) is 0 Å². The number of rotatable bonds is 5. The highest BCUT2D eigenvalue weighted by Crippen LogP contribution is 2.17. The number of benzene rings is 1. The van der Waals surface area contributed by atoms with Gasteiger partial charge in [-0.2, -0.15) is 5.10 Å². The monoisotopic (exact) mass is 233 g/mol. The zero-order valence-corrected chi connectivity index (χ0v) is 9.86. The maximum absolute atomic E-state index is 5.54. The molecule has 2 aromatic rings. The molecule has 1 aromatic heterocycles. The summed E-state index contributed by atoms with van der Waals surface area (Å²) in [6.07, 6.45) is 3.02. The minimum Gasteiger partial charge on any atom is -0.382 e. The van der Waals surface area contributed by atoms with E-state index >= 15 is 0 Å². The van der Waals surface area contributed by atoms with Gasteiger partial charge in [0.05, 0.1) is 0 Å². The maximum Gasteiger partial charge on any atom is 0.145 e. The Labute approximate surface area is 99.7 Å². The van der Waals surface area contributed by atoms with E-state index in [1.54, 1.807) is 0 Å². The summed E-state index contributed by atoms with van der Waals surface area (Å²) in [5.41, 5.74) is 5.54. The Hall–Kier alpha value is -1.42. The quantitative estimate of drug-likeness (QED) is 0.638. The fraction of sp³-hybridized carbons (Fsp3) is 0.250. The van der Waals surface area contributed by atoms with Crippen molar-refractivity contribution in [3.63, 3.8) is 0 Å². The average Bonchev–Trinajstić information content (AvgIpc) is 2.72. The smallest absolute Gasteiger partial charge is 0.145 e. The Morgan fingerprint density at radius 3 is 2.69 bits per heavy atom. The summed E-state index contributed by atoms with van der Waals surface area (Å²) in [6.45, 7) is 0.928. The molecule has 0 aliphatic carbocycles. The third-order valence-electron chi connectivity index (χ3n) is 2.20. The Balaban J connectivity index is 1.69. The molecule has 0 fully saturated rings. The van der Waals surface area contributed by atoms with Gasteiger partial charge in [0.1, 0.15) is 5.82 Å². The molecule has 0 bridgehead atoms. The average molecular weight is 233 g/mol. The second-order valence-electron chi connectivity index (χ2n) is 3.52. The number of nitrogens with zero attached hydrogens (tertiary/aromatic N) is 2. The summed E-state index contributed by atoms with van der Waals surface area (Å²) in [5, 5.41) is 4.14. The van der Waals surface area contributed by atoms with Crippen LogP contribution in [-0.2, 0) is 6.54 Å². The van der Waals surface area contributed by atoms with Gasteiger partial charge in [-0.3, -0.25) is 4.68 Å². The van der Waals surface area contributed by atoms with E-state index in [1.165, 1.54) is 4.90 Å². The molecule has 0 unspecified atom stereocenters. The topological polar surface area (TPSA) is 43.8 Å². The van der Waals surface area contributed by atoms with Crippen molar-refractivity contribution in [1.82, 2.24) is 9.78 Å². The molecule has 3 nitrogen and oxygen atoms in total. The molecule has 0 amide bonds. The van der Waals surface area contributed by atoms with Gasteiger partial charge < -0.3 is 5.73 Å². The SMILES string of the molecule is Nc1ccn(CCCSc2ccccc2)n1. The minimum absolute atomic E-state index is 0.593. The van der Waals surface area contributed by atoms with Crippen LogP contribution in [0.2, 0.25) is 0 Å². The van der Waals surface area contributed by atoms with E-state index in [-0.39, 0.29) is 0 Å². The zero-order chi connectivity index (χ0) is 11.2. The van der Waals surface area contributed by atoms with Crippen LogP contribution in [0.3, 0.4) is 0 Å². The molecule has 4 heteroatoms. The fourth-order valence-corrected chi connectivity index (χ4v) is 2.29. The third-order valence-corrected chi connectivity index (χ3v) is 3.30. The lowest BCUT2D eigenvalue weighted by Gasteiger charge is -2.02. The molecule has 0 atom stereocenters. The van der Waals surface area contributed by atoms with E-state index in [0.717, 1.165) is 18.7 Å². The predicted octanol–water partition coefficient (Wildman–Crippen LogP) is 2.65. The van der Waals surface area contributed by atoms with E-state index in [1.807, 2.05) is 34.8 Å². The van der Waals surface area contributed by atoms with Crippen LogP contribution in [0.1, 0.15) is 6.42 Å². The van der Waals surface area contributed by atoms with E-state index in [2.05, 4.69) is 29.4 Å². The molecule has 2 N–H and O–H groups in total. The molecule has 1 aromatic carbocycles. The highest BCUT2D eigenvalue weighted by Gasteiger charge is 1.96. The molecular formula is C12H15N3S. The van der Waals surface area contributed by atoms with E-state index in [9.17, 15) is 0 Å². The number of nitrogens with two attached hydrogens (primary N) is 1. The highest BCUT2D eigenvalue weighted by atomic mass is 32.2. The van der Waals surface area contributed by atoms with E-state index in [4.69, 9.17) is 5.73 Å². The van der Waals surface area contributed by atoms with Gasteiger partial charge in [0.2, 0.25) is 0 Å². The van der Waals surface area contributed by atoms with Gasteiger partial charge in [-0.05, 0) is 30.4 Å². The number of hydrogen-bond acceptors (Lipinski definition) is 3. The standard InChI is InChI=1S/C12H15N3S/c13-12-7-9-15(14-12)8-4-10-16-11-5-2-1-3-6-11/h1-3,5-7,9H,4,8,10H2,(H2,13,14). The molecule has 0 saturated heterocycles. The lowest BCUT2D eigenvalue weighted by Crippen LogP contribution is -2.00. The molecule has 16 heavy (non-hydrogen) atoms. The summed E-state index contributed by atoms with van der Waals surface area (Å²) in [4.78, 5) is 1.32. The molecule has 0 aliphatic rings. The Morgan fingerprint density at radius 2 is 2.00 bits per heavy atom. The second kappa shape index (κ2) is 5.61. The largest absolute Gasteiger partial charge is 0.382 e. The van der Waals surface area contributed by atoms with Crippen molar-refractivity contribution < 1.29 is 0 Å². The third kappa shape index (κ3) is 3.31. The normalized spacial score (nSPS) is 10.5. The molecule has 84 valence electrons. The maximum atomic E-state index is 5.54. The second-order valence-corrected chi connectivity index (χ2v) is 4.69. The lowest BCUT2D eigenvalue weighted by molar-refractivity contribution is 0.608. The molecular weight excluding hydrogens is 218 g/mol. The molecule has 0 aliphatic heterocycles. The fourth-order valence-electron chi connectivity index (χ4n) is 1.44. The Kier molecular flexibility index (Phi) is 3.88. The van der Waals surface area contributed by atoms with Gasteiger partial charge in [-0.1, -0.05) is 18.2 Å². The van der Waals surface area contributed by atoms with Crippen LogP contribution in [-0.4, -0.2) is 15.5 Å². The van der Waals surface area contributed by atoms with Crippen LogP contribution >= 0.6 is 11.8 Å². The van der Waals surface area contributed by atoms with Crippen molar-refractivity contribution in [1.29, 1.82) is 0 Å². The Morgan fingerprint density at radius 1 is 1.19 bits per heavy atom. The molecule has 0 radical (unpaired) electrons. The molecule has 0 saturated carbocycles. The van der Waals surface area contributed by atoms with Crippen molar-refractivity contribution in [2.45, 2.75) is 17.9 Å². The summed E-state index contributed by atoms with van der Waals surface area (Å²) >= 11 is 1.87. The van der Waals surface area contributed by atoms with Gasteiger partial charge >= 0.3 is 0 Å². The predicted molar refractivity (Wildman–Crippen MR) is 68.4 cm³/mol. The number of nitrogen functional groups attached to an aromatic ring is 1. The summed E-state index contributed by atoms with van der Waals surface area (Å²) in [6, 6.07) is 12.3. The van der Waals surface area contributed by atoms with Crippen LogP contribution < -0.4 is 5.73 Å². The lowest BCUT2D eigenvalue weighted by atomic mass is 10.4. The first-order chi connectivity index (χ1) is 7.84. The van der Waals surface area contributed by atoms with Crippen LogP contribution in [0, 0.1) is 0 Å². The summed E-state index contributed by atoms with van der Waals surface area (Å²) < 4.78 is 1.89. The number of aromatic nitrogens is 2. The highest BCUT2D eigenvalue weighted by molar-refractivity contribution is 7.99. The van der Waals surface area contributed by atoms with E-state index in [0.29, 0.717) is 5.82 Å². The van der Waals surface area contributed by atoms with Crippen LogP contribution in [0.15, 0.2) is 47.5 Å². The number of thioether (sulfide) groups is 1.